The third-order valence-corrected chi connectivity index (χ3v) is 17.3. The molecule has 3 saturated heterocycles. The predicted octanol–water partition coefficient (Wildman–Crippen LogP) is 1.22. The van der Waals surface area contributed by atoms with Crippen molar-refractivity contribution in [3.8, 4) is 0 Å². The van der Waals surface area contributed by atoms with E-state index in [9.17, 15) is 77.5 Å². The minimum absolute atomic E-state index is 0. The van der Waals surface area contributed by atoms with Crippen molar-refractivity contribution in [3.05, 3.63) is 99.3 Å². The number of phosphoric acid groups is 3. The lowest BCUT2D eigenvalue weighted by molar-refractivity contribution is -0.118. The topological polar surface area (TPSA) is 522 Å². The second-order valence-corrected chi connectivity index (χ2v) is 25.5. The molecule has 3 aromatic rings. The number of aliphatic hydroxyl groups is 5. The highest BCUT2D eigenvalue weighted by Crippen LogP contribution is 2.66. The highest BCUT2D eigenvalue weighted by molar-refractivity contribution is 7.78. The maximum atomic E-state index is 12.3. The Balaban J connectivity index is 0.000000712. The summed E-state index contributed by atoms with van der Waals surface area (Å²) in [6.45, 7) is 4.56. The van der Waals surface area contributed by atoms with Crippen molar-refractivity contribution in [3.63, 3.8) is 0 Å². The van der Waals surface area contributed by atoms with Crippen LogP contribution in [0.15, 0.2) is 65.6 Å². The second kappa shape index (κ2) is 44.6. The number of rotatable bonds is 36. The van der Waals surface area contributed by atoms with Gasteiger partial charge in [0.2, 0.25) is 7.34 Å². The van der Waals surface area contributed by atoms with Gasteiger partial charge in [0, 0.05) is 76.7 Å². The monoisotopic (exact) mass is 1420 g/mol. The Hall–Kier alpha value is -4.21. The number of amides is 1. The number of carbonyl (C=O) groups excluding carboxylic acids is 1. The number of hydrogen-bond donors (Lipinski definition) is 15. The van der Waals surface area contributed by atoms with E-state index in [0.717, 1.165) is 92.0 Å². The molecule has 3 aromatic heterocycles. The number of hydrogen-bond acceptors (Lipinski definition) is 26. The number of aromatic amines is 3. The Morgan fingerprint density at radius 2 is 0.989 bits per heavy atom. The molecular formula is C53H97N8O28P3S. The van der Waals surface area contributed by atoms with Gasteiger partial charge in [-0.25, -0.2) is 28.1 Å². The van der Waals surface area contributed by atoms with Gasteiger partial charge in [0.05, 0.1) is 20.7 Å². The van der Waals surface area contributed by atoms with Crippen LogP contribution in [0, 0.1) is 0 Å². The predicted molar refractivity (Wildman–Crippen MR) is 338 cm³/mol. The summed E-state index contributed by atoms with van der Waals surface area (Å²) in [6.07, 6.45) is 3.97. The molecule has 15 atom stereocenters. The van der Waals surface area contributed by atoms with Crippen molar-refractivity contribution in [2.45, 2.75) is 206 Å². The van der Waals surface area contributed by atoms with Gasteiger partial charge in [-0.2, -0.15) is 8.62 Å². The Labute approximate surface area is 545 Å². The van der Waals surface area contributed by atoms with E-state index in [2.05, 4.69) is 64.9 Å². The van der Waals surface area contributed by atoms with Crippen molar-refractivity contribution in [2.24, 2.45) is 0 Å². The summed E-state index contributed by atoms with van der Waals surface area (Å²) in [5.74, 6) is -0.139. The van der Waals surface area contributed by atoms with Crippen molar-refractivity contribution >= 4 is 42.2 Å². The number of H-pyrrole nitrogens is 3. The third kappa shape index (κ3) is 30.8. The van der Waals surface area contributed by atoms with E-state index in [1.807, 2.05) is 4.98 Å². The van der Waals surface area contributed by atoms with Gasteiger partial charge in [-0.15, -0.1) is 0 Å². The molecule has 0 aliphatic carbocycles. The first kappa shape index (κ1) is 83.0. The Kier molecular flexibility index (Phi) is 39.8. The van der Waals surface area contributed by atoms with Crippen LogP contribution in [-0.4, -0.2) is 189 Å². The lowest BCUT2D eigenvalue weighted by Gasteiger charge is -2.22. The van der Waals surface area contributed by atoms with E-state index in [-0.39, 0.29) is 40.4 Å². The minimum atomic E-state index is -5.76. The summed E-state index contributed by atoms with van der Waals surface area (Å²) in [5, 5.41) is 47.7. The van der Waals surface area contributed by atoms with E-state index in [0.29, 0.717) is 32.6 Å². The summed E-state index contributed by atoms with van der Waals surface area (Å²) in [4.78, 5) is 124. The number of aliphatic hydroxyl groups excluding tert-OH is 5. The van der Waals surface area contributed by atoms with Gasteiger partial charge >= 0.3 is 40.5 Å². The molecule has 3 aliphatic rings. The average Bonchev–Trinajstić information content (AvgIpc) is 1.68. The molecule has 0 bridgehead atoms. The smallest absolute Gasteiger partial charge is 0.396 e. The molecule has 40 heteroatoms. The van der Waals surface area contributed by atoms with Crippen LogP contribution >= 0.6 is 36.3 Å². The first-order chi connectivity index (χ1) is 44.0. The second-order valence-electron chi connectivity index (χ2n) is 20.6. The fourth-order valence-electron chi connectivity index (χ4n) is 9.21. The summed E-state index contributed by atoms with van der Waals surface area (Å²) in [6, 6.07) is 3.39. The fourth-order valence-corrected chi connectivity index (χ4v) is 12.2. The normalized spacial score (nSPS) is 25.1. The Morgan fingerprint density at radius 3 is 1.35 bits per heavy atom. The first-order valence-electron chi connectivity index (χ1n) is 30.2. The first-order valence-corrected chi connectivity index (χ1v) is 34.2. The van der Waals surface area contributed by atoms with Gasteiger partial charge in [0.15, 0.2) is 18.7 Å². The SMILES string of the molecule is C.C.CC(=O)NCCCCCCOC1[C@@H](O)[C@@H](COP(=O)(O)OP(=O)(O)OP(=O)(O)O)O[C@H]1n1ccc(=O)[nH]c1=O.CCCCCCCOC1[C@@H](O)[C@@H](CO)O[C@H]1n1ccc(=O)[nH]c1=O.CNS.[2H]C(C[C@H]1O[C@@H](n2ccc(=O)[nH]c2=O)C(OCCCCCCC)[C@H]1O)O[3H]. The van der Waals surface area contributed by atoms with Crippen molar-refractivity contribution in [2.75, 3.05) is 53.2 Å². The zero-order chi connectivity index (χ0) is 69.5. The zero-order valence-electron chi connectivity index (χ0n) is 52.7. The molecular weight excluding hydrogens is 1320 g/mol. The number of aromatic nitrogens is 6. The molecule has 14 N–H and O–H groups in total. The van der Waals surface area contributed by atoms with E-state index >= 15 is 0 Å². The van der Waals surface area contributed by atoms with Crippen LogP contribution in [0.5, 0.6) is 0 Å². The summed E-state index contributed by atoms with van der Waals surface area (Å²) in [7, 11) is -15.1. The van der Waals surface area contributed by atoms with Crippen molar-refractivity contribution < 1.29 is 107 Å². The van der Waals surface area contributed by atoms with Gasteiger partial charge in [-0.1, -0.05) is 106 Å². The highest BCUT2D eigenvalue weighted by atomic mass is 32.1. The molecule has 0 radical (unpaired) electrons. The molecule has 6 heterocycles. The molecule has 3 fully saturated rings. The maximum absolute atomic E-state index is 12.3. The molecule has 538 valence electrons. The van der Waals surface area contributed by atoms with Gasteiger partial charge in [-0.3, -0.25) is 57.1 Å². The number of nitrogens with zero attached hydrogens (tertiary/aromatic N) is 3. The van der Waals surface area contributed by atoms with Gasteiger partial charge in [-0.05, 0) is 39.2 Å². The molecule has 93 heavy (non-hydrogen) atoms. The van der Waals surface area contributed by atoms with Crippen LogP contribution in [0.4, 0.5) is 0 Å². The number of thiol groups is 1. The lowest BCUT2D eigenvalue weighted by Crippen LogP contribution is -2.39. The Bertz CT molecular complexity index is 3200. The molecule has 0 spiro atoms. The molecule has 3 aliphatic heterocycles. The van der Waals surface area contributed by atoms with Crippen LogP contribution in [0.2, 0.25) is 0 Å². The van der Waals surface area contributed by atoms with Crippen LogP contribution < -0.4 is 43.8 Å². The number of carbonyl (C=O) groups is 1. The standard InChI is InChI=1S/C17H30N3O16P3.C17H28N2O6.C16H26N2O6.CH5NS.2CH4/c1-11(21)18-7-4-2-3-5-9-32-15-14(23)12(34-16(15)20-8-6-13(22)19-17(20)24)10-33-38(28,29)36-39(30,31)35-37(25,26)27;1-2-3-4-5-6-11-24-15-14(22)12(8-10-20)25-16(15)19-9-7-13(21)18-17(19)23;1-2-3-4-5-6-9-23-14-13(21)11(10-19)24-15(14)18-8-7-12(20)17-16(18)22;1-2-3;;/h6,8,12,14-16,23H,2-5,7,9-10H2,1H3,(H,18,21)(H,28,29)(H,30,31)(H,19,22,24)(H2,25,26,27);7,9,12,14-16,20,22H,2-6,8,10-11H2,1H3,(H,18,21,23);7-8,11,13-15,19,21H,2-6,9-10H2,1H3,(H,17,20,22);2-3H,1H3;2*1H4/t2*12-,14+,15?,16-;11-,13+,14?,15-;;;/m111.../s1/i;10D,20T;;;;/t;10?,12-,14+,15?,16-;;;;. The lowest BCUT2D eigenvalue weighted by atomic mass is 10.1. The van der Waals surface area contributed by atoms with Crippen LogP contribution in [0.3, 0.4) is 0 Å². The van der Waals surface area contributed by atoms with Crippen LogP contribution in [0.1, 0.15) is 152 Å². The molecule has 6 rings (SSSR count). The summed E-state index contributed by atoms with van der Waals surface area (Å²) in [5.41, 5.74) is -3.99. The van der Waals surface area contributed by atoms with Crippen LogP contribution in [0.25, 0.3) is 0 Å². The van der Waals surface area contributed by atoms with Gasteiger partial charge < -0.3 is 78.8 Å². The van der Waals surface area contributed by atoms with E-state index in [1.165, 1.54) is 42.4 Å². The summed E-state index contributed by atoms with van der Waals surface area (Å²) < 4.78 is 100. The maximum Gasteiger partial charge on any atom is 0.490 e. The highest BCUT2D eigenvalue weighted by Gasteiger charge is 2.49. The molecule has 0 saturated carbocycles. The van der Waals surface area contributed by atoms with E-state index in [1.54, 1.807) is 7.05 Å². The zero-order valence-corrected chi connectivity index (χ0v) is 54.3. The Morgan fingerprint density at radius 1 is 0.624 bits per heavy atom. The number of ether oxygens (including phenoxy) is 6. The quantitative estimate of drug-likeness (QED) is 0.0221. The van der Waals surface area contributed by atoms with E-state index < -0.39 is 144 Å². The van der Waals surface area contributed by atoms with Crippen molar-refractivity contribution in [1.29, 1.82) is 1.43 Å². The largest absolute Gasteiger partial charge is 0.490 e. The van der Waals surface area contributed by atoms with Gasteiger partial charge in [0.1, 0.15) is 48.8 Å². The number of unbranched alkanes of at least 4 members (excludes halogenated alkanes) is 11. The molecule has 0 aromatic carbocycles. The molecule has 1 amide bonds. The average molecular weight is 1420 g/mol. The van der Waals surface area contributed by atoms with Crippen molar-refractivity contribution in [1.82, 2.24) is 38.7 Å². The minimum Gasteiger partial charge on any atom is -0.396 e. The van der Waals surface area contributed by atoms with Crippen LogP contribution in [-0.2, 0) is 60.1 Å². The van der Waals surface area contributed by atoms with E-state index in [4.69, 9.17) is 41.0 Å². The molecule has 6 unspecified atom stereocenters. The molecule has 36 nitrogen and oxygen atoms in total. The number of nitrogens with one attached hydrogen (secondary N) is 5. The van der Waals surface area contributed by atoms with Gasteiger partial charge in [0.25, 0.3) is 16.7 Å². The third-order valence-electron chi connectivity index (χ3n) is 13.5. The number of phosphoric ester groups is 1. The summed E-state index contributed by atoms with van der Waals surface area (Å²) >= 11 is 3.54. The fraction of sp³-hybridized carbons (Fsp3) is 0.755.